The van der Waals surface area contributed by atoms with Crippen LogP contribution in [0.5, 0.6) is 0 Å². The molecule has 0 radical (unpaired) electrons. The first-order valence-corrected chi connectivity index (χ1v) is 6.63. The fourth-order valence-corrected chi connectivity index (χ4v) is 1.93. The van der Waals surface area contributed by atoms with Crippen molar-refractivity contribution in [1.29, 1.82) is 0 Å². The Bertz CT molecular complexity index is 409. The summed E-state index contributed by atoms with van der Waals surface area (Å²) in [5.74, 6) is -0.133. The highest BCUT2D eigenvalue weighted by molar-refractivity contribution is 7.11. The lowest BCUT2D eigenvalue weighted by atomic mass is 10.1. The largest absolute Gasteiger partial charge is 0.444 e. The number of carbonyl (C=O) groups is 2. The van der Waals surface area contributed by atoms with E-state index in [0.29, 0.717) is 11.3 Å². The molecule has 0 saturated heterocycles. The van der Waals surface area contributed by atoms with E-state index < -0.39 is 17.7 Å². The van der Waals surface area contributed by atoms with E-state index in [1.165, 1.54) is 17.5 Å². The number of rotatable bonds is 4. The maximum Gasteiger partial charge on any atom is 0.408 e. The van der Waals surface area contributed by atoms with Crippen molar-refractivity contribution in [2.75, 3.05) is 0 Å². The minimum absolute atomic E-state index is 0.133. The monoisotopic (exact) mass is 270 g/mol. The Kier molecular flexibility index (Phi) is 4.84. The van der Waals surface area contributed by atoms with E-state index in [-0.39, 0.29) is 5.78 Å². The number of thiazole rings is 1. The van der Waals surface area contributed by atoms with Gasteiger partial charge in [0.15, 0.2) is 5.78 Å². The molecule has 100 valence electrons. The number of ether oxygens (including phenoxy) is 1. The molecule has 1 rings (SSSR count). The van der Waals surface area contributed by atoms with Gasteiger partial charge >= 0.3 is 6.09 Å². The average Bonchev–Trinajstić information content (AvgIpc) is 2.75. The lowest BCUT2D eigenvalue weighted by molar-refractivity contribution is 0.0490. The Hall–Kier alpha value is -1.43. The van der Waals surface area contributed by atoms with Gasteiger partial charge in [0.1, 0.15) is 5.60 Å². The maximum atomic E-state index is 12.0. The Labute approximate surface area is 111 Å². The number of nitrogens with zero attached hydrogens (tertiary/aromatic N) is 1. The van der Waals surface area contributed by atoms with Gasteiger partial charge in [-0.25, -0.2) is 4.79 Å². The highest BCUT2D eigenvalue weighted by Gasteiger charge is 2.24. The predicted octanol–water partition coefficient (Wildman–Crippen LogP) is 2.63. The summed E-state index contributed by atoms with van der Waals surface area (Å²) in [7, 11) is 0. The summed E-state index contributed by atoms with van der Waals surface area (Å²) in [5, 5.41) is 2.58. The van der Waals surface area contributed by atoms with Crippen molar-refractivity contribution in [2.45, 2.75) is 45.8 Å². The Balaban J connectivity index is 2.63. The molecular formula is C12H18N2O3S. The molecule has 1 N–H and O–H groups in total. The fourth-order valence-electron chi connectivity index (χ4n) is 1.31. The lowest BCUT2D eigenvalue weighted by Crippen LogP contribution is -2.42. The fraction of sp³-hybridized carbons (Fsp3) is 0.583. The average molecular weight is 270 g/mol. The summed E-state index contributed by atoms with van der Waals surface area (Å²) in [4.78, 5) is 28.0. The quantitative estimate of drug-likeness (QED) is 0.854. The molecule has 0 unspecified atom stereocenters. The van der Waals surface area contributed by atoms with Gasteiger partial charge in [-0.2, -0.15) is 0 Å². The van der Waals surface area contributed by atoms with Crippen LogP contribution in [0.4, 0.5) is 4.79 Å². The summed E-state index contributed by atoms with van der Waals surface area (Å²) in [5.41, 5.74) is 1.02. The van der Waals surface area contributed by atoms with Gasteiger partial charge in [0.2, 0.25) is 0 Å². The second-order valence-electron chi connectivity index (χ2n) is 4.84. The van der Waals surface area contributed by atoms with Crippen LogP contribution < -0.4 is 5.32 Å². The number of carbonyl (C=O) groups excluding carboxylic acids is 2. The van der Waals surface area contributed by atoms with Gasteiger partial charge in [-0.15, -0.1) is 11.3 Å². The molecule has 0 fully saturated rings. The minimum atomic E-state index is -0.577. The zero-order valence-corrected chi connectivity index (χ0v) is 11.8. The first-order valence-electron chi connectivity index (χ1n) is 5.75. The molecule has 0 aliphatic carbocycles. The van der Waals surface area contributed by atoms with Crippen LogP contribution >= 0.6 is 11.3 Å². The van der Waals surface area contributed by atoms with Crippen LogP contribution in [0, 0.1) is 0 Å². The molecular weight excluding hydrogens is 252 g/mol. The molecule has 1 aromatic heterocycles. The van der Waals surface area contributed by atoms with Crippen molar-refractivity contribution in [3.63, 3.8) is 0 Å². The summed E-state index contributed by atoms with van der Waals surface area (Å²) >= 11 is 1.26. The van der Waals surface area contributed by atoms with Crippen molar-refractivity contribution >= 4 is 23.2 Å². The molecule has 5 nitrogen and oxygen atoms in total. The number of amides is 1. The number of aromatic nitrogens is 1. The Morgan fingerprint density at radius 1 is 1.50 bits per heavy atom. The number of nitrogens with one attached hydrogen (secondary N) is 1. The summed E-state index contributed by atoms with van der Waals surface area (Å²) in [6.07, 6.45) is 1.44. The van der Waals surface area contributed by atoms with Gasteiger partial charge in [0.25, 0.3) is 0 Å². The molecule has 1 amide bonds. The third-order valence-electron chi connectivity index (χ3n) is 2.09. The second kappa shape index (κ2) is 5.95. The molecule has 0 spiro atoms. The smallest absolute Gasteiger partial charge is 0.408 e. The van der Waals surface area contributed by atoms with Crippen molar-refractivity contribution in [3.05, 3.63) is 16.6 Å². The molecule has 1 heterocycles. The van der Waals surface area contributed by atoms with E-state index in [9.17, 15) is 9.59 Å². The van der Waals surface area contributed by atoms with E-state index in [4.69, 9.17) is 4.74 Å². The lowest BCUT2D eigenvalue weighted by Gasteiger charge is -2.22. The van der Waals surface area contributed by atoms with E-state index in [1.807, 2.05) is 6.92 Å². The van der Waals surface area contributed by atoms with Crippen LogP contribution in [0.25, 0.3) is 0 Å². The summed E-state index contributed by atoms with van der Waals surface area (Å²) in [6.45, 7) is 7.16. The molecule has 0 aliphatic heterocycles. The molecule has 6 heteroatoms. The predicted molar refractivity (Wildman–Crippen MR) is 69.9 cm³/mol. The van der Waals surface area contributed by atoms with Crippen molar-refractivity contribution < 1.29 is 14.3 Å². The van der Waals surface area contributed by atoms with Crippen molar-refractivity contribution in [3.8, 4) is 0 Å². The van der Waals surface area contributed by atoms with Gasteiger partial charge in [-0.1, -0.05) is 6.92 Å². The van der Waals surface area contributed by atoms with Gasteiger partial charge in [0, 0.05) is 6.20 Å². The molecule has 0 aliphatic rings. The number of Topliss-reactive ketones (excluding diaryl/α,β-unsaturated/α-hetero) is 1. The maximum absolute atomic E-state index is 12.0. The molecule has 1 atom stereocenters. The van der Waals surface area contributed by atoms with E-state index >= 15 is 0 Å². The van der Waals surface area contributed by atoms with Gasteiger partial charge in [0.05, 0.1) is 16.4 Å². The third kappa shape index (κ3) is 4.44. The highest BCUT2D eigenvalue weighted by Crippen LogP contribution is 2.12. The number of ketones is 1. The Morgan fingerprint density at radius 2 is 2.17 bits per heavy atom. The molecule has 0 aromatic carbocycles. The van der Waals surface area contributed by atoms with Crippen LogP contribution in [0.1, 0.15) is 43.8 Å². The summed E-state index contributed by atoms with van der Waals surface area (Å²) < 4.78 is 5.12. The molecule has 0 saturated carbocycles. The molecule has 18 heavy (non-hydrogen) atoms. The standard InChI is InChI=1S/C12H18N2O3S/c1-5-8(10(15)9-6-13-7-18-9)14-11(16)17-12(2,3)4/h6-8H,5H2,1-4H3,(H,14,16)/t8-/m1/s1. The molecule has 0 bridgehead atoms. The molecule has 1 aromatic rings. The summed E-state index contributed by atoms with van der Waals surface area (Å²) in [6, 6.07) is -0.569. The van der Waals surface area contributed by atoms with E-state index in [1.54, 1.807) is 26.3 Å². The first kappa shape index (κ1) is 14.6. The van der Waals surface area contributed by atoms with Crippen LogP contribution in [-0.4, -0.2) is 28.5 Å². The minimum Gasteiger partial charge on any atom is -0.444 e. The van der Waals surface area contributed by atoms with Crippen LogP contribution in [0.15, 0.2) is 11.7 Å². The number of hydrogen-bond acceptors (Lipinski definition) is 5. The van der Waals surface area contributed by atoms with Gasteiger partial charge in [-0.05, 0) is 27.2 Å². The zero-order chi connectivity index (χ0) is 13.8. The van der Waals surface area contributed by atoms with Crippen LogP contribution in [0.2, 0.25) is 0 Å². The zero-order valence-electron chi connectivity index (χ0n) is 11.0. The SMILES string of the molecule is CC[C@@H](NC(=O)OC(C)(C)C)C(=O)c1cncs1. The number of hydrogen-bond donors (Lipinski definition) is 1. The van der Waals surface area contributed by atoms with E-state index in [0.717, 1.165) is 0 Å². The van der Waals surface area contributed by atoms with E-state index in [2.05, 4.69) is 10.3 Å². The van der Waals surface area contributed by atoms with Gasteiger partial charge in [-0.3, -0.25) is 9.78 Å². The topological polar surface area (TPSA) is 68.3 Å². The van der Waals surface area contributed by atoms with Gasteiger partial charge < -0.3 is 10.1 Å². The highest BCUT2D eigenvalue weighted by atomic mass is 32.1. The normalized spacial score (nSPS) is 12.9. The Morgan fingerprint density at radius 3 is 2.61 bits per heavy atom. The van der Waals surface area contributed by atoms with Crippen LogP contribution in [0.3, 0.4) is 0 Å². The first-order chi connectivity index (χ1) is 8.33. The van der Waals surface area contributed by atoms with Crippen molar-refractivity contribution in [1.82, 2.24) is 10.3 Å². The number of alkyl carbamates (subject to hydrolysis) is 1. The second-order valence-corrected chi connectivity index (χ2v) is 5.72. The third-order valence-corrected chi connectivity index (χ3v) is 2.88. The van der Waals surface area contributed by atoms with Crippen LogP contribution in [-0.2, 0) is 4.74 Å². The van der Waals surface area contributed by atoms with Crippen molar-refractivity contribution in [2.24, 2.45) is 0 Å².